The van der Waals surface area contributed by atoms with Crippen LogP contribution in [-0.2, 0) is 11.3 Å². The summed E-state index contributed by atoms with van der Waals surface area (Å²) in [6.45, 7) is 0.248. The maximum Gasteiger partial charge on any atom is 0.270 e. The highest BCUT2D eigenvalue weighted by Gasteiger charge is 2.26. The molecule has 7 nitrogen and oxygen atoms in total. The van der Waals surface area contributed by atoms with Crippen LogP contribution < -0.4 is 4.90 Å². The van der Waals surface area contributed by atoms with Gasteiger partial charge in [0.1, 0.15) is 0 Å². The van der Waals surface area contributed by atoms with Crippen LogP contribution in [0.5, 0.6) is 0 Å². The van der Waals surface area contributed by atoms with E-state index in [0.29, 0.717) is 15.3 Å². The highest BCUT2D eigenvalue weighted by Crippen LogP contribution is 2.34. The number of anilines is 1. The number of thiazole rings is 1. The number of nitro benzene ring substituents is 1. The van der Waals surface area contributed by atoms with Gasteiger partial charge in [-0.25, -0.2) is 4.98 Å². The van der Waals surface area contributed by atoms with E-state index < -0.39 is 4.92 Å². The molecule has 0 aliphatic carbocycles. The summed E-state index contributed by atoms with van der Waals surface area (Å²) in [7, 11) is 0. The molecule has 2 aromatic heterocycles. The topological polar surface area (TPSA) is 89.2 Å². The zero-order chi connectivity index (χ0) is 24.9. The van der Waals surface area contributed by atoms with Gasteiger partial charge in [-0.1, -0.05) is 78.1 Å². The fourth-order valence-corrected chi connectivity index (χ4v) is 5.15. The van der Waals surface area contributed by atoms with Crippen LogP contribution in [0, 0.1) is 10.1 Å². The Labute approximate surface area is 211 Å². The van der Waals surface area contributed by atoms with Crippen molar-refractivity contribution in [3.63, 3.8) is 0 Å². The minimum Gasteiger partial charge on any atom is -0.282 e. The van der Waals surface area contributed by atoms with E-state index in [1.54, 1.807) is 17.2 Å². The van der Waals surface area contributed by atoms with Crippen molar-refractivity contribution in [2.75, 3.05) is 4.90 Å². The Kier molecular flexibility index (Phi) is 6.77. The Morgan fingerprint density at radius 2 is 1.58 bits per heavy atom. The van der Waals surface area contributed by atoms with Gasteiger partial charge in [0.2, 0.25) is 5.91 Å². The van der Waals surface area contributed by atoms with Crippen LogP contribution in [-0.4, -0.2) is 20.8 Å². The SMILES string of the molecule is O=C(CC(c1ccccc1)c1ccccc1)N(Cc1ccccn1)c1nc2ccc([N+](=O)[O-])cc2s1. The first kappa shape index (κ1) is 23.3. The van der Waals surface area contributed by atoms with Gasteiger partial charge in [0, 0.05) is 30.7 Å². The lowest BCUT2D eigenvalue weighted by Crippen LogP contribution is -2.32. The zero-order valence-corrected chi connectivity index (χ0v) is 20.0. The summed E-state index contributed by atoms with van der Waals surface area (Å²) in [5.41, 5.74) is 3.44. The van der Waals surface area contributed by atoms with Gasteiger partial charge in [-0.3, -0.25) is 24.8 Å². The van der Waals surface area contributed by atoms with Crippen LogP contribution in [0.3, 0.4) is 0 Å². The molecule has 0 bridgehead atoms. The predicted molar refractivity (Wildman–Crippen MR) is 141 cm³/mol. The molecule has 2 heterocycles. The summed E-state index contributed by atoms with van der Waals surface area (Å²) in [6.07, 6.45) is 1.92. The van der Waals surface area contributed by atoms with E-state index in [1.807, 2.05) is 78.9 Å². The second-order valence-corrected chi connectivity index (χ2v) is 9.29. The summed E-state index contributed by atoms with van der Waals surface area (Å²) >= 11 is 1.26. The standard InChI is InChI=1S/C28H22N4O3S/c33-27(18-24(20-9-3-1-4-10-20)21-11-5-2-6-12-21)31(19-22-13-7-8-16-29-22)28-30-25-15-14-23(32(34)35)17-26(25)36-28/h1-17,24H,18-19H2. The van der Waals surface area contributed by atoms with E-state index in [1.165, 1.54) is 23.5 Å². The smallest absolute Gasteiger partial charge is 0.270 e. The number of aromatic nitrogens is 2. The molecule has 0 fully saturated rings. The first-order valence-corrected chi connectivity index (χ1v) is 12.3. The van der Waals surface area contributed by atoms with Crippen molar-refractivity contribution in [1.82, 2.24) is 9.97 Å². The van der Waals surface area contributed by atoms with E-state index >= 15 is 0 Å². The molecule has 178 valence electrons. The Morgan fingerprint density at radius 3 is 2.19 bits per heavy atom. The van der Waals surface area contributed by atoms with Gasteiger partial charge in [0.15, 0.2) is 5.13 Å². The summed E-state index contributed by atoms with van der Waals surface area (Å²) < 4.78 is 0.653. The van der Waals surface area contributed by atoms with E-state index in [2.05, 4.69) is 9.97 Å². The minimum absolute atomic E-state index is 0.00600. The van der Waals surface area contributed by atoms with Gasteiger partial charge >= 0.3 is 0 Å². The highest BCUT2D eigenvalue weighted by molar-refractivity contribution is 7.22. The van der Waals surface area contributed by atoms with Gasteiger partial charge in [0.05, 0.1) is 27.4 Å². The largest absolute Gasteiger partial charge is 0.282 e. The number of carbonyl (C=O) groups excluding carboxylic acids is 1. The van der Waals surface area contributed by atoms with Crippen molar-refractivity contribution >= 4 is 38.3 Å². The molecule has 0 saturated heterocycles. The number of hydrogen-bond donors (Lipinski definition) is 0. The highest BCUT2D eigenvalue weighted by atomic mass is 32.1. The molecule has 8 heteroatoms. The molecule has 36 heavy (non-hydrogen) atoms. The number of non-ortho nitro benzene ring substituents is 1. The van der Waals surface area contributed by atoms with Crippen molar-refractivity contribution in [2.45, 2.75) is 18.9 Å². The lowest BCUT2D eigenvalue weighted by Gasteiger charge is -2.24. The van der Waals surface area contributed by atoms with Gasteiger partial charge in [-0.2, -0.15) is 0 Å². The first-order valence-electron chi connectivity index (χ1n) is 11.4. The molecule has 0 aliphatic rings. The number of rotatable bonds is 8. The second kappa shape index (κ2) is 10.5. The van der Waals surface area contributed by atoms with Crippen molar-refractivity contribution < 1.29 is 9.72 Å². The number of benzene rings is 3. The lowest BCUT2D eigenvalue weighted by atomic mass is 9.88. The maximum absolute atomic E-state index is 13.9. The molecule has 0 N–H and O–H groups in total. The number of nitro groups is 1. The molecular weight excluding hydrogens is 472 g/mol. The molecule has 0 spiro atoms. The third-order valence-electron chi connectivity index (χ3n) is 5.93. The summed E-state index contributed by atoms with van der Waals surface area (Å²) in [4.78, 5) is 35.4. The third-order valence-corrected chi connectivity index (χ3v) is 6.97. The summed E-state index contributed by atoms with van der Waals surface area (Å²) in [5, 5.41) is 11.7. The van der Waals surface area contributed by atoms with E-state index in [-0.39, 0.29) is 30.5 Å². The van der Waals surface area contributed by atoms with Crippen LogP contribution in [0.15, 0.2) is 103 Å². The molecule has 0 radical (unpaired) electrons. The van der Waals surface area contributed by atoms with Gasteiger partial charge in [-0.05, 0) is 29.3 Å². The van der Waals surface area contributed by atoms with Gasteiger partial charge < -0.3 is 0 Å². The summed E-state index contributed by atoms with van der Waals surface area (Å²) in [5.74, 6) is -0.242. The van der Waals surface area contributed by atoms with E-state index in [4.69, 9.17) is 0 Å². The molecule has 0 atom stereocenters. The minimum atomic E-state index is -0.431. The Balaban J connectivity index is 1.52. The zero-order valence-electron chi connectivity index (χ0n) is 19.2. The fourth-order valence-electron chi connectivity index (χ4n) is 4.13. The molecule has 0 unspecified atom stereocenters. The molecule has 5 rings (SSSR count). The number of pyridine rings is 1. The lowest BCUT2D eigenvalue weighted by molar-refractivity contribution is -0.384. The average molecular weight is 495 g/mol. The quantitative estimate of drug-likeness (QED) is 0.185. The normalized spacial score (nSPS) is 11.0. The summed E-state index contributed by atoms with van der Waals surface area (Å²) in [6, 6.07) is 30.1. The van der Waals surface area contributed by atoms with Crippen LogP contribution in [0.4, 0.5) is 10.8 Å². The first-order chi connectivity index (χ1) is 17.6. The molecule has 5 aromatic rings. The van der Waals surface area contributed by atoms with Crippen molar-refractivity contribution in [3.8, 4) is 0 Å². The average Bonchev–Trinajstić information content (AvgIpc) is 3.35. The Morgan fingerprint density at radius 1 is 0.917 bits per heavy atom. The van der Waals surface area contributed by atoms with Crippen molar-refractivity contribution in [3.05, 3.63) is 130 Å². The molecular formula is C28H22N4O3S. The number of hydrogen-bond acceptors (Lipinski definition) is 6. The Hall–Kier alpha value is -4.43. The van der Waals surface area contributed by atoms with Crippen LogP contribution in [0.1, 0.15) is 29.2 Å². The number of nitrogens with zero attached hydrogens (tertiary/aromatic N) is 4. The molecule has 0 aliphatic heterocycles. The number of amides is 1. The van der Waals surface area contributed by atoms with Crippen LogP contribution >= 0.6 is 11.3 Å². The predicted octanol–water partition coefficient (Wildman–Crippen LogP) is 6.35. The van der Waals surface area contributed by atoms with Gasteiger partial charge in [0.25, 0.3) is 5.69 Å². The monoisotopic (exact) mass is 494 g/mol. The Bertz CT molecular complexity index is 1450. The van der Waals surface area contributed by atoms with E-state index in [0.717, 1.165) is 16.8 Å². The van der Waals surface area contributed by atoms with Crippen molar-refractivity contribution in [1.29, 1.82) is 0 Å². The maximum atomic E-state index is 13.9. The molecule has 3 aromatic carbocycles. The van der Waals surface area contributed by atoms with Gasteiger partial charge in [-0.15, -0.1) is 0 Å². The van der Waals surface area contributed by atoms with E-state index in [9.17, 15) is 14.9 Å². The van der Waals surface area contributed by atoms with Crippen LogP contribution in [0.25, 0.3) is 10.2 Å². The second-order valence-electron chi connectivity index (χ2n) is 8.28. The molecule has 0 saturated carbocycles. The number of fused-ring (bicyclic) bond motifs is 1. The number of carbonyl (C=O) groups is 1. The van der Waals surface area contributed by atoms with Crippen LogP contribution in [0.2, 0.25) is 0 Å². The van der Waals surface area contributed by atoms with Crippen molar-refractivity contribution in [2.24, 2.45) is 0 Å². The third kappa shape index (κ3) is 5.13. The molecule has 1 amide bonds. The fraction of sp³-hybridized carbons (Fsp3) is 0.107.